The Morgan fingerprint density at radius 1 is 0.508 bits per heavy atom. The van der Waals surface area contributed by atoms with E-state index in [4.69, 9.17) is 4.74 Å². The second-order valence-electron chi connectivity index (χ2n) is 15.9. The molecule has 0 bridgehead atoms. The summed E-state index contributed by atoms with van der Waals surface area (Å²) in [6, 6.07) is -0.743. The molecule has 0 aromatic rings. The molecule has 344 valence electrons. The van der Waals surface area contributed by atoms with Gasteiger partial charge < -0.3 is 20.3 Å². The lowest BCUT2D eigenvalue weighted by atomic mass is 10.0. The molecule has 0 radical (unpaired) electrons. The number of esters is 1. The first-order valence-electron chi connectivity index (χ1n) is 24.3. The largest absolute Gasteiger partial charge is 0.462 e. The molecule has 0 aliphatic carbocycles. The highest BCUT2D eigenvalue weighted by Crippen LogP contribution is 2.16. The predicted octanol–water partition coefficient (Wildman–Crippen LogP) is 14.5. The number of aliphatic hydroxyl groups excluding tert-OH is 2. The average molecular weight is 844 g/mol. The summed E-state index contributed by atoms with van der Waals surface area (Å²) in [5, 5.41) is 23.7. The number of allylic oxidation sites excluding steroid dienone is 20. The zero-order chi connectivity index (χ0) is 44.5. The van der Waals surface area contributed by atoms with E-state index >= 15 is 0 Å². The number of carbonyl (C=O) groups is 2. The highest BCUT2D eigenvalue weighted by molar-refractivity contribution is 5.77. The molecule has 0 rings (SSSR count). The van der Waals surface area contributed by atoms with Crippen LogP contribution in [0.5, 0.6) is 0 Å². The molecule has 6 heteroatoms. The molecule has 0 aromatic carbocycles. The molecule has 3 N–H and O–H groups in total. The van der Waals surface area contributed by atoms with Crippen LogP contribution in [0.1, 0.15) is 188 Å². The first kappa shape index (κ1) is 57.3. The molecule has 0 aliphatic rings. The van der Waals surface area contributed by atoms with Gasteiger partial charge in [0.15, 0.2) is 0 Å². The van der Waals surface area contributed by atoms with E-state index in [1.54, 1.807) is 0 Å². The molecule has 3 unspecified atom stereocenters. The maximum Gasteiger partial charge on any atom is 0.306 e. The van der Waals surface area contributed by atoms with Gasteiger partial charge in [-0.3, -0.25) is 9.59 Å². The molecule has 0 aliphatic heterocycles. The van der Waals surface area contributed by atoms with Gasteiger partial charge in [-0.15, -0.1) is 0 Å². The summed E-state index contributed by atoms with van der Waals surface area (Å²) in [7, 11) is 0. The maximum atomic E-state index is 13.2. The smallest absolute Gasteiger partial charge is 0.306 e. The molecule has 6 nitrogen and oxygen atoms in total. The van der Waals surface area contributed by atoms with Crippen LogP contribution >= 0.6 is 0 Å². The normalized spacial score (nSPS) is 14.4. The number of nitrogens with one attached hydrogen (secondary N) is 1. The fourth-order valence-electron chi connectivity index (χ4n) is 6.55. The van der Waals surface area contributed by atoms with E-state index in [2.05, 4.69) is 99.0 Å². The Labute approximate surface area is 374 Å². The zero-order valence-corrected chi connectivity index (χ0v) is 39.0. The minimum absolute atomic E-state index is 0.00227. The summed E-state index contributed by atoms with van der Waals surface area (Å²) >= 11 is 0. The fraction of sp³-hybridized carbons (Fsp3) is 0.600. The highest BCUT2D eigenvalue weighted by atomic mass is 16.5. The van der Waals surface area contributed by atoms with Gasteiger partial charge in [-0.05, 0) is 77.0 Å². The van der Waals surface area contributed by atoms with Gasteiger partial charge >= 0.3 is 5.97 Å². The van der Waals surface area contributed by atoms with Gasteiger partial charge in [0.05, 0.1) is 25.2 Å². The average Bonchev–Trinajstić information content (AvgIpc) is 3.25. The van der Waals surface area contributed by atoms with Crippen molar-refractivity contribution in [2.45, 2.75) is 206 Å². The van der Waals surface area contributed by atoms with Gasteiger partial charge in [-0.25, -0.2) is 0 Å². The van der Waals surface area contributed by atoms with Crippen LogP contribution in [0.15, 0.2) is 122 Å². The van der Waals surface area contributed by atoms with E-state index < -0.39 is 18.2 Å². The van der Waals surface area contributed by atoms with E-state index in [1.165, 1.54) is 57.8 Å². The number of carbonyl (C=O) groups excluding carboxylic acids is 2. The first-order chi connectivity index (χ1) is 30.0. The number of hydrogen-bond donors (Lipinski definition) is 3. The standard InChI is InChI=1S/C55H89NO5/c1-4-7-10-13-16-19-22-25-26-27-28-30-33-36-39-42-45-48-55(60)61-51(46-43-40-37-34-31-29-23-20-17-14-11-8-5-2)49-54(59)56-52(50-57)53(58)47-44-41-38-35-32-24-21-18-15-12-9-6-3/h7-8,10-11,14,16-17,19-20,23,25-26,28-31,34,36-37,39,51-53,57-58H,4-6,9,12-13,15,18,21-22,24,27,32-33,35,38,40-50H2,1-3H3,(H,56,59)/b10-7-,11-8+,17-14+,19-16-,23-20-,26-25-,30-28-,31-29-,37-34+,39-36-. The van der Waals surface area contributed by atoms with E-state index in [0.717, 1.165) is 77.0 Å². The van der Waals surface area contributed by atoms with Crippen molar-refractivity contribution in [1.29, 1.82) is 0 Å². The van der Waals surface area contributed by atoms with Crippen molar-refractivity contribution in [2.24, 2.45) is 0 Å². The van der Waals surface area contributed by atoms with Crippen LogP contribution in [0.2, 0.25) is 0 Å². The Hall–Kier alpha value is -3.74. The quantitative estimate of drug-likeness (QED) is 0.0247. The summed E-state index contributed by atoms with van der Waals surface area (Å²) in [5.41, 5.74) is 0. The highest BCUT2D eigenvalue weighted by Gasteiger charge is 2.23. The van der Waals surface area contributed by atoms with Gasteiger partial charge in [-0.1, -0.05) is 219 Å². The van der Waals surface area contributed by atoms with Crippen molar-refractivity contribution < 1.29 is 24.5 Å². The van der Waals surface area contributed by atoms with Crippen molar-refractivity contribution in [2.75, 3.05) is 6.61 Å². The van der Waals surface area contributed by atoms with Crippen molar-refractivity contribution in [3.05, 3.63) is 122 Å². The third kappa shape index (κ3) is 42.7. The van der Waals surface area contributed by atoms with Crippen LogP contribution in [0.25, 0.3) is 0 Å². The van der Waals surface area contributed by atoms with Crippen molar-refractivity contribution in [3.63, 3.8) is 0 Å². The van der Waals surface area contributed by atoms with Gasteiger partial charge in [0.2, 0.25) is 5.91 Å². The summed E-state index contributed by atoms with van der Waals surface area (Å²) in [6.45, 7) is 6.16. The predicted molar refractivity (Wildman–Crippen MR) is 263 cm³/mol. The van der Waals surface area contributed by atoms with Crippen molar-refractivity contribution in [3.8, 4) is 0 Å². The van der Waals surface area contributed by atoms with E-state index in [9.17, 15) is 19.8 Å². The molecule has 0 spiro atoms. The maximum absolute atomic E-state index is 13.2. The van der Waals surface area contributed by atoms with Crippen LogP contribution in [-0.2, 0) is 14.3 Å². The lowest BCUT2D eigenvalue weighted by Crippen LogP contribution is -2.46. The number of aliphatic hydroxyl groups is 2. The molecule has 0 saturated heterocycles. The molecule has 3 atom stereocenters. The van der Waals surface area contributed by atoms with Crippen LogP contribution < -0.4 is 5.32 Å². The van der Waals surface area contributed by atoms with Crippen molar-refractivity contribution in [1.82, 2.24) is 5.32 Å². The molecule has 0 heterocycles. The van der Waals surface area contributed by atoms with Gasteiger partial charge in [-0.2, -0.15) is 0 Å². The van der Waals surface area contributed by atoms with E-state index in [-0.39, 0.29) is 31.3 Å². The number of rotatable bonds is 41. The summed E-state index contributed by atoms with van der Waals surface area (Å²) in [6.07, 6.45) is 65.5. The number of hydrogen-bond acceptors (Lipinski definition) is 5. The number of ether oxygens (including phenoxy) is 1. The van der Waals surface area contributed by atoms with Crippen LogP contribution in [0.4, 0.5) is 0 Å². The SMILES string of the molecule is CC/C=C\C/C=C\C/C=C\C/C=C\C/C=C\CCCC(=O)OC(CCC/C=C/C=C\C=C/C=C/C=C/CC)CC(=O)NC(CO)C(O)CCCCCCCCCCCCCC. The molecule has 0 fully saturated rings. The summed E-state index contributed by atoms with van der Waals surface area (Å²) in [4.78, 5) is 26.0. The second kappa shape index (κ2) is 47.3. The van der Waals surface area contributed by atoms with Crippen molar-refractivity contribution >= 4 is 11.9 Å². The molecular formula is C55H89NO5. The molecule has 0 aromatic heterocycles. The Balaban J connectivity index is 4.82. The molecule has 1 amide bonds. The Morgan fingerprint density at radius 3 is 1.49 bits per heavy atom. The van der Waals surface area contributed by atoms with Gasteiger partial charge in [0, 0.05) is 6.42 Å². The van der Waals surface area contributed by atoms with Gasteiger partial charge in [0.1, 0.15) is 6.10 Å². The summed E-state index contributed by atoms with van der Waals surface area (Å²) < 4.78 is 5.85. The number of unbranched alkanes of at least 4 members (excludes halogenated alkanes) is 13. The Bertz CT molecular complexity index is 1310. The zero-order valence-electron chi connectivity index (χ0n) is 39.0. The molecule has 61 heavy (non-hydrogen) atoms. The minimum atomic E-state index is -0.823. The minimum Gasteiger partial charge on any atom is -0.462 e. The lowest BCUT2D eigenvalue weighted by Gasteiger charge is -2.24. The van der Waals surface area contributed by atoms with Crippen LogP contribution in [0, 0.1) is 0 Å². The van der Waals surface area contributed by atoms with Crippen LogP contribution in [-0.4, -0.2) is 46.9 Å². The van der Waals surface area contributed by atoms with E-state index in [0.29, 0.717) is 19.3 Å². The lowest BCUT2D eigenvalue weighted by molar-refractivity contribution is -0.151. The second-order valence-corrected chi connectivity index (χ2v) is 15.9. The van der Waals surface area contributed by atoms with Crippen LogP contribution in [0.3, 0.4) is 0 Å². The monoisotopic (exact) mass is 844 g/mol. The summed E-state index contributed by atoms with van der Waals surface area (Å²) in [5.74, 6) is -0.630. The molecule has 0 saturated carbocycles. The van der Waals surface area contributed by atoms with Gasteiger partial charge in [0.25, 0.3) is 0 Å². The fourth-order valence-corrected chi connectivity index (χ4v) is 6.55. The Morgan fingerprint density at radius 2 is 0.967 bits per heavy atom. The third-order valence-corrected chi connectivity index (χ3v) is 10.2. The molecular weight excluding hydrogens is 755 g/mol. The van der Waals surface area contributed by atoms with E-state index in [1.807, 2.05) is 48.6 Å². The topological polar surface area (TPSA) is 95.9 Å². The Kier molecular flexibility index (Phi) is 44.4. The number of amides is 1. The third-order valence-electron chi connectivity index (χ3n) is 10.2. The first-order valence-corrected chi connectivity index (χ1v) is 24.3.